The van der Waals surface area contributed by atoms with Crippen molar-refractivity contribution >= 4 is 58.9 Å². The third-order valence-electron chi connectivity index (χ3n) is 6.27. The van der Waals surface area contributed by atoms with Gasteiger partial charge in [0, 0.05) is 42.0 Å². The standard InChI is InChI=1S/C24H23BrClN5O4S2/c1-36(32,33)17-6-8-18(9-7-17)37(34,35)30-12-10-16(11-13-30)28-23-14-22(19-4-2-3-5-21(19)26)29-24-20(25)15-27-31(23)24/h2-9,14-16,28H,10-13H2,1H3. The topological polar surface area (TPSA) is 114 Å². The van der Waals surface area contributed by atoms with Crippen LogP contribution in [-0.2, 0) is 19.9 Å². The first-order valence-corrected chi connectivity index (χ1v) is 15.9. The SMILES string of the molecule is CS(=O)(=O)c1ccc(S(=O)(=O)N2CCC(Nc3cc(-c4ccccc4Cl)nc4c(Br)cnn34)CC2)cc1. The summed E-state index contributed by atoms with van der Waals surface area (Å²) >= 11 is 9.93. The average Bonchev–Trinajstić information content (AvgIpc) is 3.25. The molecule has 194 valence electrons. The quantitative estimate of drug-likeness (QED) is 0.337. The van der Waals surface area contributed by atoms with E-state index in [1.807, 2.05) is 30.3 Å². The van der Waals surface area contributed by atoms with Crippen molar-refractivity contribution in [2.45, 2.75) is 28.7 Å². The predicted molar refractivity (Wildman–Crippen MR) is 146 cm³/mol. The largest absolute Gasteiger partial charge is 0.367 e. The van der Waals surface area contributed by atoms with E-state index in [1.165, 1.54) is 28.6 Å². The zero-order valence-electron chi connectivity index (χ0n) is 19.7. The Kier molecular flexibility index (Phi) is 7.05. The molecule has 1 aliphatic heterocycles. The van der Waals surface area contributed by atoms with Crippen LogP contribution in [0.15, 0.2) is 75.1 Å². The van der Waals surface area contributed by atoms with E-state index in [2.05, 4.69) is 26.3 Å². The molecule has 0 amide bonds. The number of fused-ring (bicyclic) bond motifs is 1. The summed E-state index contributed by atoms with van der Waals surface area (Å²) in [5.74, 6) is 0.725. The number of hydrogen-bond acceptors (Lipinski definition) is 7. The van der Waals surface area contributed by atoms with Crippen LogP contribution in [0.5, 0.6) is 0 Å². The molecule has 0 saturated carbocycles. The fourth-order valence-electron chi connectivity index (χ4n) is 4.30. The first kappa shape index (κ1) is 26.1. The molecule has 0 bridgehead atoms. The molecule has 1 saturated heterocycles. The molecule has 13 heteroatoms. The van der Waals surface area contributed by atoms with Gasteiger partial charge in [-0.25, -0.2) is 21.8 Å². The molecule has 37 heavy (non-hydrogen) atoms. The third kappa shape index (κ3) is 5.26. The van der Waals surface area contributed by atoms with Crippen LogP contribution in [0.25, 0.3) is 16.9 Å². The van der Waals surface area contributed by atoms with Crippen molar-refractivity contribution in [3.05, 3.63) is 70.3 Å². The zero-order chi connectivity index (χ0) is 26.4. The van der Waals surface area contributed by atoms with Crippen LogP contribution >= 0.6 is 27.5 Å². The lowest BCUT2D eigenvalue weighted by molar-refractivity contribution is 0.329. The summed E-state index contributed by atoms with van der Waals surface area (Å²) < 4.78 is 53.6. The summed E-state index contributed by atoms with van der Waals surface area (Å²) in [6.07, 6.45) is 3.92. The van der Waals surface area contributed by atoms with Crippen molar-refractivity contribution in [2.75, 3.05) is 24.7 Å². The Morgan fingerprint density at radius 3 is 2.30 bits per heavy atom. The molecule has 0 aliphatic carbocycles. The maximum absolute atomic E-state index is 13.1. The third-order valence-corrected chi connectivity index (χ3v) is 10.2. The molecule has 1 aliphatic rings. The highest BCUT2D eigenvalue weighted by molar-refractivity contribution is 9.10. The van der Waals surface area contributed by atoms with Crippen LogP contribution < -0.4 is 5.32 Å². The second kappa shape index (κ2) is 9.99. The predicted octanol–water partition coefficient (Wildman–Crippen LogP) is 4.48. The normalized spacial score (nSPS) is 15.8. The van der Waals surface area contributed by atoms with Crippen molar-refractivity contribution in [3.63, 3.8) is 0 Å². The molecular formula is C24H23BrClN5O4S2. The summed E-state index contributed by atoms with van der Waals surface area (Å²) in [5.41, 5.74) is 2.13. The number of nitrogens with one attached hydrogen (secondary N) is 1. The highest BCUT2D eigenvalue weighted by atomic mass is 79.9. The Morgan fingerprint density at radius 1 is 1.00 bits per heavy atom. The Balaban J connectivity index is 1.35. The number of piperidine rings is 1. The molecule has 1 N–H and O–H groups in total. The van der Waals surface area contributed by atoms with Crippen molar-refractivity contribution in [3.8, 4) is 11.3 Å². The number of anilines is 1. The van der Waals surface area contributed by atoms with Gasteiger partial charge in [0.25, 0.3) is 0 Å². The number of sulfone groups is 1. The van der Waals surface area contributed by atoms with Gasteiger partial charge in [0.1, 0.15) is 5.82 Å². The number of nitrogens with zero attached hydrogens (tertiary/aromatic N) is 4. The van der Waals surface area contributed by atoms with Gasteiger partial charge in [-0.15, -0.1) is 0 Å². The van der Waals surface area contributed by atoms with E-state index in [1.54, 1.807) is 10.7 Å². The van der Waals surface area contributed by atoms with Gasteiger partial charge < -0.3 is 5.32 Å². The lowest BCUT2D eigenvalue weighted by Crippen LogP contribution is -2.42. The molecule has 2 aromatic heterocycles. The molecular weight excluding hydrogens is 602 g/mol. The molecule has 2 aromatic carbocycles. The summed E-state index contributed by atoms with van der Waals surface area (Å²) in [5, 5.41) is 8.52. The Hall–Kier alpha value is -2.51. The maximum atomic E-state index is 13.1. The summed E-state index contributed by atoms with van der Waals surface area (Å²) in [4.78, 5) is 4.88. The van der Waals surface area contributed by atoms with Crippen LogP contribution in [-0.4, -0.2) is 61.1 Å². The van der Waals surface area contributed by atoms with Gasteiger partial charge in [0.05, 0.1) is 26.2 Å². The molecule has 1 fully saturated rings. The molecule has 0 spiro atoms. The van der Waals surface area contributed by atoms with Crippen LogP contribution in [0.2, 0.25) is 5.02 Å². The average molecular weight is 625 g/mol. The minimum Gasteiger partial charge on any atom is -0.367 e. The molecule has 0 atom stereocenters. The van der Waals surface area contributed by atoms with Gasteiger partial charge in [-0.1, -0.05) is 29.8 Å². The summed E-state index contributed by atoms with van der Waals surface area (Å²) in [6, 6.07) is 14.7. The lowest BCUT2D eigenvalue weighted by Gasteiger charge is -2.32. The first-order valence-electron chi connectivity index (χ1n) is 11.4. The summed E-state index contributed by atoms with van der Waals surface area (Å²) in [7, 11) is -7.14. The van der Waals surface area contributed by atoms with E-state index < -0.39 is 19.9 Å². The van der Waals surface area contributed by atoms with E-state index in [0.717, 1.165) is 22.1 Å². The van der Waals surface area contributed by atoms with Gasteiger partial charge >= 0.3 is 0 Å². The maximum Gasteiger partial charge on any atom is 0.243 e. The molecule has 3 heterocycles. The molecule has 5 rings (SSSR count). The van der Waals surface area contributed by atoms with Gasteiger partial charge in [-0.3, -0.25) is 0 Å². The number of aromatic nitrogens is 3. The van der Waals surface area contributed by atoms with E-state index in [9.17, 15) is 16.8 Å². The number of halogens is 2. The number of benzene rings is 2. The molecule has 0 unspecified atom stereocenters. The second-order valence-electron chi connectivity index (χ2n) is 8.80. The molecule has 0 radical (unpaired) electrons. The molecule has 9 nitrogen and oxygen atoms in total. The monoisotopic (exact) mass is 623 g/mol. The van der Waals surface area contributed by atoms with E-state index in [4.69, 9.17) is 16.6 Å². The van der Waals surface area contributed by atoms with E-state index >= 15 is 0 Å². The zero-order valence-corrected chi connectivity index (χ0v) is 23.6. The van der Waals surface area contributed by atoms with E-state index in [-0.39, 0.29) is 15.8 Å². The van der Waals surface area contributed by atoms with Crippen LogP contribution in [0.1, 0.15) is 12.8 Å². The van der Waals surface area contributed by atoms with Crippen LogP contribution in [0.4, 0.5) is 5.82 Å². The van der Waals surface area contributed by atoms with Gasteiger partial charge in [0.2, 0.25) is 10.0 Å². The lowest BCUT2D eigenvalue weighted by atomic mass is 10.1. The van der Waals surface area contributed by atoms with Gasteiger partial charge in [-0.2, -0.15) is 13.9 Å². The van der Waals surface area contributed by atoms with Gasteiger partial charge in [0.15, 0.2) is 15.5 Å². The van der Waals surface area contributed by atoms with Crippen LogP contribution in [0.3, 0.4) is 0 Å². The van der Waals surface area contributed by atoms with Crippen molar-refractivity contribution < 1.29 is 16.8 Å². The first-order chi connectivity index (χ1) is 17.5. The Bertz CT molecular complexity index is 1680. The van der Waals surface area contributed by atoms with Crippen molar-refractivity contribution in [1.82, 2.24) is 18.9 Å². The Labute approximate surface area is 228 Å². The van der Waals surface area contributed by atoms with Crippen LogP contribution in [0, 0.1) is 0 Å². The second-order valence-corrected chi connectivity index (χ2v) is 14.0. The number of hydrogen-bond donors (Lipinski definition) is 1. The molecule has 4 aromatic rings. The number of rotatable bonds is 6. The van der Waals surface area contributed by atoms with Gasteiger partial charge in [-0.05, 0) is 59.1 Å². The smallest absolute Gasteiger partial charge is 0.243 e. The minimum absolute atomic E-state index is 0.00623. The number of sulfonamides is 1. The minimum atomic E-state index is -3.74. The highest BCUT2D eigenvalue weighted by Crippen LogP contribution is 2.31. The van der Waals surface area contributed by atoms with Crippen molar-refractivity contribution in [2.24, 2.45) is 0 Å². The van der Waals surface area contributed by atoms with Crippen molar-refractivity contribution in [1.29, 1.82) is 0 Å². The Morgan fingerprint density at radius 2 is 1.65 bits per heavy atom. The summed E-state index contributed by atoms with van der Waals surface area (Å²) in [6.45, 7) is 0.643. The highest BCUT2D eigenvalue weighted by Gasteiger charge is 2.30. The fourth-order valence-corrected chi connectivity index (χ4v) is 6.98. The van der Waals surface area contributed by atoms with E-state index in [0.29, 0.717) is 42.3 Å². The fraction of sp³-hybridized carbons (Fsp3) is 0.250.